The fourth-order valence-corrected chi connectivity index (χ4v) is 2.02. The van der Waals surface area contributed by atoms with Gasteiger partial charge in [-0.2, -0.15) is 13.2 Å². The van der Waals surface area contributed by atoms with Crippen LogP contribution in [0.2, 0.25) is 0 Å². The van der Waals surface area contributed by atoms with Crippen molar-refractivity contribution in [3.05, 3.63) is 59.7 Å². The summed E-state index contributed by atoms with van der Waals surface area (Å²) in [5.41, 5.74) is 0.583. The Hall–Kier alpha value is -2.50. The number of anilines is 1. The Morgan fingerprint density at radius 1 is 1.04 bits per heavy atom. The maximum absolute atomic E-state index is 12.4. The predicted molar refractivity (Wildman–Crippen MR) is 81.4 cm³/mol. The van der Waals surface area contributed by atoms with Gasteiger partial charge < -0.3 is 10.1 Å². The second-order valence-electron chi connectivity index (χ2n) is 4.97. The molecule has 2 aromatic carbocycles. The lowest BCUT2D eigenvalue weighted by atomic mass is 10.1. The van der Waals surface area contributed by atoms with E-state index in [1.165, 1.54) is 12.1 Å². The number of benzene rings is 2. The van der Waals surface area contributed by atoms with Gasteiger partial charge in [-0.3, -0.25) is 4.79 Å². The van der Waals surface area contributed by atoms with E-state index in [2.05, 4.69) is 5.32 Å². The SMILES string of the molecule is COc1ccc(CCC(=O)Nc2ccc(C(F)(F)F)cc2)cc1. The average Bonchev–Trinajstić information content (AvgIpc) is 2.53. The first-order valence-corrected chi connectivity index (χ1v) is 6.98. The quantitative estimate of drug-likeness (QED) is 0.891. The van der Waals surface area contributed by atoms with Gasteiger partial charge in [-0.15, -0.1) is 0 Å². The van der Waals surface area contributed by atoms with Crippen molar-refractivity contribution >= 4 is 11.6 Å². The van der Waals surface area contributed by atoms with E-state index in [1.54, 1.807) is 7.11 Å². The lowest BCUT2D eigenvalue weighted by Gasteiger charge is -2.09. The summed E-state index contributed by atoms with van der Waals surface area (Å²) >= 11 is 0. The first-order valence-electron chi connectivity index (χ1n) is 6.98. The molecule has 0 radical (unpaired) electrons. The van der Waals surface area contributed by atoms with Crippen molar-refractivity contribution in [2.75, 3.05) is 12.4 Å². The first-order chi connectivity index (χ1) is 10.9. The number of rotatable bonds is 5. The largest absolute Gasteiger partial charge is 0.497 e. The van der Waals surface area contributed by atoms with Gasteiger partial charge >= 0.3 is 6.18 Å². The zero-order valence-electron chi connectivity index (χ0n) is 12.5. The average molecular weight is 323 g/mol. The first kappa shape index (κ1) is 16.9. The van der Waals surface area contributed by atoms with E-state index >= 15 is 0 Å². The zero-order chi connectivity index (χ0) is 16.9. The maximum Gasteiger partial charge on any atom is 0.416 e. The Labute approximate surface area is 132 Å². The fraction of sp³-hybridized carbons (Fsp3) is 0.235. The lowest BCUT2D eigenvalue weighted by Crippen LogP contribution is -2.12. The van der Waals surface area contributed by atoms with Gasteiger partial charge in [0.25, 0.3) is 0 Å². The van der Waals surface area contributed by atoms with Crippen LogP contribution in [0, 0.1) is 0 Å². The molecule has 0 saturated heterocycles. The summed E-state index contributed by atoms with van der Waals surface area (Å²) in [6.45, 7) is 0. The molecule has 0 aliphatic heterocycles. The summed E-state index contributed by atoms with van der Waals surface area (Å²) in [7, 11) is 1.58. The highest BCUT2D eigenvalue weighted by Crippen LogP contribution is 2.29. The number of carbonyl (C=O) groups excluding carboxylic acids is 1. The van der Waals surface area contributed by atoms with Crippen LogP contribution in [-0.2, 0) is 17.4 Å². The van der Waals surface area contributed by atoms with Crippen molar-refractivity contribution in [1.82, 2.24) is 0 Å². The third kappa shape index (κ3) is 5.02. The van der Waals surface area contributed by atoms with Gasteiger partial charge in [-0.25, -0.2) is 0 Å². The van der Waals surface area contributed by atoms with Gasteiger partial charge in [0.15, 0.2) is 0 Å². The summed E-state index contributed by atoms with van der Waals surface area (Å²) in [6.07, 6.45) is -3.60. The van der Waals surface area contributed by atoms with E-state index in [0.29, 0.717) is 12.1 Å². The van der Waals surface area contributed by atoms with Crippen LogP contribution in [0.5, 0.6) is 5.75 Å². The van der Waals surface area contributed by atoms with Crippen molar-refractivity contribution in [3.8, 4) is 5.75 Å². The lowest BCUT2D eigenvalue weighted by molar-refractivity contribution is -0.137. The monoisotopic (exact) mass is 323 g/mol. The number of hydrogen-bond donors (Lipinski definition) is 1. The second-order valence-corrected chi connectivity index (χ2v) is 4.97. The van der Waals surface area contributed by atoms with Crippen LogP contribution in [0.25, 0.3) is 0 Å². The van der Waals surface area contributed by atoms with Gasteiger partial charge in [-0.1, -0.05) is 12.1 Å². The molecule has 1 amide bonds. The zero-order valence-corrected chi connectivity index (χ0v) is 12.5. The van der Waals surface area contributed by atoms with Crippen molar-refractivity contribution in [1.29, 1.82) is 0 Å². The summed E-state index contributed by atoms with van der Waals surface area (Å²) in [6, 6.07) is 11.7. The summed E-state index contributed by atoms with van der Waals surface area (Å²) in [4.78, 5) is 11.8. The minimum Gasteiger partial charge on any atom is -0.497 e. The number of halogens is 3. The molecule has 23 heavy (non-hydrogen) atoms. The van der Waals surface area contributed by atoms with E-state index in [4.69, 9.17) is 4.74 Å². The molecule has 0 atom stereocenters. The Bertz CT molecular complexity index is 649. The molecule has 0 saturated carbocycles. The molecule has 2 rings (SSSR count). The minimum absolute atomic E-state index is 0.243. The highest BCUT2D eigenvalue weighted by molar-refractivity contribution is 5.90. The number of ether oxygens (including phenoxy) is 1. The summed E-state index contributed by atoms with van der Waals surface area (Å²) < 4.78 is 42.4. The van der Waals surface area contributed by atoms with E-state index < -0.39 is 11.7 Å². The van der Waals surface area contributed by atoms with Crippen molar-refractivity contribution < 1.29 is 22.7 Å². The second kappa shape index (κ2) is 7.17. The summed E-state index contributed by atoms with van der Waals surface area (Å²) in [5.74, 6) is 0.489. The van der Waals surface area contributed by atoms with Crippen LogP contribution in [0.15, 0.2) is 48.5 Å². The molecule has 0 unspecified atom stereocenters. The van der Waals surface area contributed by atoms with E-state index in [1.807, 2.05) is 24.3 Å². The fourth-order valence-electron chi connectivity index (χ4n) is 2.02. The topological polar surface area (TPSA) is 38.3 Å². The molecule has 0 fully saturated rings. The number of amides is 1. The van der Waals surface area contributed by atoms with Crippen LogP contribution in [0.4, 0.5) is 18.9 Å². The van der Waals surface area contributed by atoms with Crippen LogP contribution in [0.1, 0.15) is 17.5 Å². The predicted octanol–water partition coefficient (Wildman–Crippen LogP) is 4.29. The third-order valence-corrected chi connectivity index (χ3v) is 3.30. The van der Waals surface area contributed by atoms with Gasteiger partial charge in [0.05, 0.1) is 12.7 Å². The number of hydrogen-bond acceptors (Lipinski definition) is 2. The van der Waals surface area contributed by atoms with Crippen LogP contribution >= 0.6 is 0 Å². The Morgan fingerprint density at radius 3 is 2.17 bits per heavy atom. The summed E-state index contributed by atoms with van der Waals surface area (Å²) in [5, 5.41) is 2.58. The molecule has 0 aliphatic carbocycles. The Morgan fingerprint density at radius 2 is 1.65 bits per heavy atom. The minimum atomic E-state index is -4.38. The Balaban J connectivity index is 1.86. The normalized spacial score (nSPS) is 11.1. The van der Waals surface area contributed by atoms with Crippen LogP contribution in [0.3, 0.4) is 0 Å². The molecular weight excluding hydrogens is 307 g/mol. The molecule has 0 aromatic heterocycles. The van der Waals surface area contributed by atoms with Crippen LogP contribution < -0.4 is 10.1 Å². The smallest absolute Gasteiger partial charge is 0.416 e. The van der Waals surface area contributed by atoms with E-state index in [-0.39, 0.29) is 12.3 Å². The molecule has 2 aromatic rings. The number of carbonyl (C=O) groups is 1. The van der Waals surface area contributed by atoms with Crippen LogP contribution in [-0.4, -0.2) is 13.0 Å². The number of aryl methyl sites for hydroxylation is 1. The number of methoxy groups -OCH3 is 1. The molecular formula is C17H16F3NO2. The highest BCUT2D eigenvalue weighted by atomic mass is 19.4. The number of alkyl halides is 3. The molecule has 1 N–H and O–H groups in total. The maximum atomic E-state index is 12.4. The van der Waals surface area contributed by atoms with Gasteiger partial charge in [0.1, 0.15) is 5.75 Å². The molecule has 0 aliphatic rings. The van der Waals surface area contributed by atoms with Crippen molar-refractivity contribution in [2.24, 2.45) is 0 Å². The van der Waals surface area contributed by atoms with Crippen molar-refractivity contribution in [2.45, 2.75) is 19.0 Å². The van der Waals surface area contributed by atoms with Gasteiger partial charge in [0.2, 0.25) is 5.91 Å². The Kier molecular flexibility index (Phi) is 5.26. The molecule has 122 valence electrons. The van der Waals surface area contributed by atoms with Crippen molar-refractivity contribution in [3.63, 3.8) is 0 Å². The number of nitrogens with one attached hydrogen (secondary N) is 1. The third-order valence-electron chi connectivity index (χ3n) is 3.30. The standard InChI is InChI=1S/C17H16F3NO2/c1-23-15-9-2-12(3-10-15)4-11-16(22)21-14-7-5-13(6-8-14)17(18,19)20/h2-3,5-10H,4,11H2,1H3,(H,21,22). The van der Waals surface area contributed by atoms with Gasteiger partial charge in [0, 0.05) is 12.1 Å². The van der Waals surface area contributed by atoms with Gasteiger partial charge in [-0.05, 0) is 48.4 Å². The molecule has 0 spiro atoms. The van der Waals surface area contributed by atoms with E-state index in [9.17, 15) is 18.0 Å². The molecule has 3 nitrogen and oxygen atoms in total. The highest BCUT2D eigenvalue weighted by Gasteiger charge is 2.29. The molecule has 6 heteroatoms. The van der Waals surface area contributed by atoms with E-state index in [0.717, 1.165) is 23.4 Å². The molecule has 0 heterocycles. The molecule has 0 bridgehead atoms.